The smallest absolute Gasteiger partial charge is 0.319 e. The zero-order valence-corrected chi connectivity index (χ0v) is 14.1. The Kier molecular flexibility index (Phi) is 5.69. The highest BCUT2D eigenvalue weighted by Gasteiger charge is 2.04. The fraction of sp³-hybridized carbons (Fsp3) is 0.235. The van der Waals surface area contributed by atoms with E-state index in [2.05, 4.69) is 16.7 Å². The number of hydrogen-bond donors (Lipinski definition) is 2. The summed E-state index contributed by atoms with van der Waals surface area (Å²) in [7, 11) is 0. The monoisotopic (exact) mass is 336 g/mol. The predicted octanol–water partition coefficient (Wildman–Crippen LogP) is 4.97. The van der Waals surface area contributed by atoms with E-state index in [1.54, 1.807) is 6.07 Å². The number of benzene rings is 2. The van der Waals surface area contributed by atoms with Crippen LogP contribution in [-0.2, 0) is 6.42 Å². The lowest BCUT2D eigenvalue weighted by atomic mass is 10.1. The Hall–Kier alpha value is -1.71. The van der Waals surface area contributed by atoms with E-state index in [0.717, 1.165) is 22.4 Å². The highest BCUT2D eigenvalue weighted by Crippen LogP contribution is 2.22. The predicted molar refractivity (Wildman–Crippen MR) is 93.1 cm³/mol. The molecule has 116 valence electrons. The molecule has 0 bridgehead atoms. The SMILES string of the molecule is Cc1cc(C)cc(NC(=O)NCCc2ccc(Cl)c(Cl)c2)c1. The number of amides is 2. The van der Waals surface area contributed by atoms with Gasteiger partial charge in [0.2, 0.25) is 0 Å². The first-order valence-corrected chi connectivity index (χ1v) is 7.77. The van der Waals surface area contributed by atoms with E-state index in [-0.39, 0.29) is 6.03 Å². The molecular formula is C17H18Cl2N2O. The van der Waals surface area contributed by atoms with Crippen molar-refractivity contribution in [2.24, 2.45) is 0 Å². The van der Waals surface area contributed by atoms with Gasteiger partial charge in [0.15, 0.2) is 0 Å². The van der Waals surface area contributed by atoms with E-state index in [1.165, 1.54) is 0 Å². The molecule has 0 heterocycles. The van der Waals surface area contributed by atoms with E-state index in [1.807, 2.05) is 38.1 Å². The molecule has 0 saturated heterocycles. The Morgan fingerprint density at radius 3 is 2.32 bits per heavy atom. The fourth-order valence-corrected chi connectivity index (χ4v) is 2.56. The van der Waals surface area contributed by atoms with E-state index in [9.17, 15) is 4.79 Å². The van der Waals surface area contributed by atoms with Crippen molar-refractivity contribution in [3.63, 3.8) is 0 Å². The summed E-state index contributed by atoms with van der Waals surface area (Å²) in [5, 5.41) is 6.72. The van der Waals surface area contributed by atoms with Crippen LogP contribution in [0.1, 0.15) is 16.7 Å². The molecule has 0 aliphatic carbocycles. The van der Waals surface area contributed by atoms with E-state index < -0.39 is 0 Å². The number of carbonyl (C=O) groups is 1. The van der Waals surface area contributed by atoms with Gasteiger partial charge in [0.25, 0.3) is 0 Å². The van der Waals surface area contributed by atoms with Crippen LogP contribution in [0.5, 0.6) is 0 Å². The number of nitrogens with one attached hydrogen (secondary N) is 2. The van der Waals surface area contributed by atoms with Crippen LogP contribution in [0.25, 0.3) is 0 Å². The summed E-state index contributed by atoms with van der Waals surface area (Å²) < 4.78 is 0. The Labute approximate surface area is 140 Å². The molecule has 0 radical (unpaired) electrons. The third-order valence-electron chi connectivity index (χ3n) is 3.16. The van der Waals surface area contributed by atoms with Gasteiger partial charge in [-0.05, 0) is 61.2 Å². The van der Waals surface area contributed by atoms with Crippen LogP contribution in [0, 0.1) is 13.8 Å². The minimum Gasteiger partial charge on any atom is -0.338 e. The largest absolute Gasteiger partial charge is 0.338 e. The highest BCUT2D eigenvalue weighted by atomic mass is 35.5. The molecule has 2 rings (SSSR count). The van der Waals surface area contributed by atoms with Gasteiger partial charge in [0.05, 0.1) is 10.0 Å². The maximum absolute atomic E-state index is 11.9. The summed E-state index contributed by atoms with van der Waals surface area (Å²) in [6.07, 6.45) is 0.692. The van der Waals surface area contributed by atoms with Gasteiger partial charge in [-0.25, -0.2) is 4.79 Å². The second kappa shape index (κ2) is 7.52. The van der Waals surface area contributed by atoms with Gasteiger partial charge < -0.3 is 10.6 Å². The van der Waals surface area contributed by atoms with Crippen LogP contribution in [0.2, 0.25) is 10.0 Å². The van der Waals surface area contributed by atoms with Gasteiger partial charge in [0.1, 0.15) is 0 Å². The van der Waals surface area contributed by atoms with Gasteiger partial charge >= 0.3 is 6.03 Å². The van der Waals surface area contributed by atoms with Gasteiger partial charge in [-0.15, -0.1) is 0 Å². The van der Waals surface area contributed by atoms with Gasteiger partial charge in [-0.2, -0.15) is 0 Å². The molecule has 3 nitrogen and oxygen atoms in total. The van der Waals surface area contributed by atoms with Crippen molar-refractivity contribution in [3.05, 3.63) is 63.1 Å². The summed E-state index contributed by atoms with van der Waals surface area (Å²) in [5.41, 5.74) is 4.06. The van der Waals surface area contributed by atoms with Crippen molar-refractivity contribution in [2.75, 3.05) is 11.9 Å². The third-order valence-corrected chi connectivity index (χ3v) is 3.90. The lowest BCUT2D eigenvalue weighted by Gasteiger charge is -2.09. The zero-order valence-electron chi connectivity index (χ0n) is 12.5. The lowest BCUT2D eigenvalue weighted by Crippen LogP contribution is -2.30. The van der Waals surface area contributed by atoms with Gasteiger partial charge in [-0.1, -0.05) is 35.3 Å². The van der Waals surface area contributed by atoms with Crippen LogP contribution in [0.4, 0.5) is 10.5 Å². The first-order chi connectivity index (χ1) is 10.4. The van der Waals surface area contributed by atoms with Crippen LogP contribution in [0.15, 0.2) is 36.4 Å². The number of halogens is 2. The van der Waals surface area contributed by atoms with E-state index >= 15 is 0 Å². The maximum Gasteiger partial charge on any atom is 0.319 e. The Balaban J connectivity index is 1.83. The minimum absolute atomic E-state index is 0.218. The molecule has 0 atom stereocenters. The maximum atomic E-state index is 11.9. The Bertz CT molecular complexity index is 666. The standard InChI is InChI=1S/C17H18Cl2N2O/c1-11-7-12(2)9-14(8-11)21-17(22)20-6-5-13-3-4-15(18)16(19)10-13/h3-4,7-10H,5-6H2,1-2H3,(H2,20,21,22). The number of rotatable bonds is 4. The molecule has 2 aromatic carbocycles. The van der Waals surface area contributed by atoms with Crippen LogP contribution < -0.4 is 10.6 Å². The highest BCUT2D eigenvalue weighted by molar-refractivity contribution is 6.42. The van der Waals surface area contributed by atoms with Crippen molar-refractivity contribution >= 4 is 34.9 Å². The number of aryl methyl sites for hydroxylation is 2. The lowest BCUT2D eigenvalue weighted by molar-refractivity contribution is 0.252. The molecule has 2 aromatic rings. The first-order valence-electron chi connectivity index (χ1n) is 7.01. The molecule has 0 aliphatic heterocycles. The third kappa shape index (κ3) is 4.93. The second-order valence-corrected chi connectivity index (χ2v) is 6.07. The molecule has 22 heavy (non-hydrogen) atoms. The van der Waals surface area contributed by atoms with E-state index in [0.29, 0.717) is 23.0 Å². The van der Waals surface area contributed by atoms with Crippen molar-refractivity contribution in [1.29, 1.82) is 0 Å². The van der Waals surface area contributed by atoms with Crippen molar-refractivity contribution < 1.29 is 4.79 Å². The number of urea groups is 1. The molecule has 0 fully saturated rings. The topological polar surface area (TPSA) is 41.1 Å². The van der Waals surface area contributed by atoms with Crippen molar-refractivity contribution in [1.82, 2.24) is 5.32 Å². The van der Waals surface area contributed by atoms with Gasteiger partial charge in [-0.3, -0.25) is 0 Å². The van der Waals surface area contributed by atoms with Crippen LogP contribution in [0.3, 0.4) is 0 Å². The molecule has 0 aromatic heterocycles. The molecule has 0 saturated carbocycles. The average molecular weight is 337 g/mol. The first kappa shape index (κ1) is 16.7. The Morgan fingerprint density at radius 1 is 1.00 bits per heavy atom. The molecule has 2 amide bonds. The summed E-state index contributed by atoms with van der Waals surface area (Å²) >= 11 is 11.8. The number of hydrogen-bond acceptors (Lipinski definition) is 1. The average Bonchev–Trinajstić information content (AvgIpc) is 2.41. The summed E-state index contributed by atoms with van der Waals surface area (Å²) in [6, 6.07) is 11.2. The summed E-state index contributed by atoms with van der Waals surface area (Å²) in [4.78, 5) is 11.9. The molecule has 0 aliphatic rings. The fourth-order valence-electron chi connectivity index (χ4n) is 2.24. The Morgan fingerprint density at radius 2 is 1.68 bits per heavy atom. The number of anilines is 1. The summed E-state index contributed by atoms with van der Waals surface area (Å²) in [5.74, 6) is 0. The normalized spacial score (nSPS) is 10.4. The van der Waals surface area contributed by atoms with Gasteiger partial charge in [0, 0.05) is 12.2 Å². The second-order valence-electron chi connectivity index (χ2n) is 5.26. The van der Waals surface area contributed by atoms with Crippen LogP contribution >= 0.6 is 23.2 Å². The minimum atomic E-state index is -0.218. The van der Waals surface area contributed by atoms with Crippen molar-refractivity contribution in [3.8, 4) is 0 Å². The molecule has 2 N–H and O–H groups in total. The molecule has 0 spiro atoms. The molecule has 0 unspecified atom stereocenters. The quantitative estimate of drug-likeness (QED) is 0.812. The zero-order chi connectivity index (χ0) is 16.1. The van der Waals surface area contributed by atoms with E-state index in [4.69, 9.17) is 23.2 Å². The van der Waals surface area contributed by atoms with Crippen molar-refractivity contribution in [2.45, 2.75) is 20.3 Å². The summed E-state index contributed by atoms with van der Waals surface area (Å²) in [6.45, 7) is 4.52. The van der Waals surface area contributed by atoms with Crippen LogP contribution in [-0.4, -0.2) is 12.6 Å². The molecule has 5 heteroatoms. The number of carbonyl (C=O) groups excluding carboxylic acids is 1. The molecular weight excluding hydrogens is 319 g/mol.